The van der Waals surface area contributed by atoms with Crippen molar-refractivity contribution in [1.82, 2.24) is 9.97 Å². The van der Waals surface area contributed by atoms with E-state index in [1.54, 1.807) is 12.4 Å². The zero-order valence-corrected chi connectivity index (χ0v) is 16.9. The van der Waals surface area contributed by atoms with Gasteiger partial charge >= 0.3 is 0 Å². The Morgan fingerprint density at radius 3 is 1.93 bits per heavy atom. The largest absolute Gasteiger partial charge is 0.298 e. The minimum absolute atomic E-state index is 0.0407. The van der Waals surface area contributed by atoms with Crippen molar-refractivity contribution < 1.29 is 0 Å². The average molecular weight is 393 g/mol. The number of anilines is 4. The second kappa shape index (κ2) is 7.13. The van der Waals surface area contributed by atoms with Gasteiger partial charge in [-0.15, -0.1) is 0 Å². The molecule has 0 fully saturated rings. The zero-order valence-electron chi connectivity index (χ0n) is 16.9. The van der Waals surface area contributed by atoms with Crippen molar-refractivity contribution >= 4 is 23.0 Å². The van der Waals surface area contributed by atoms with Crippen molar-refractivity contribution in [2.45, 2.75) is 31.8 Å². The molecule has 1 unspecified atom stereocenters. The van der Waals surface area contributed by atoms with Gasteiger partial charge in [0.2, 0.25) is 0 Å². The van der Waals surface area contributed by atoms with Crippen LogP contribution >= 0.6 is 0 Å². The molecule has 3 aliphatic carbocycles. The van der Waals surface area contributed by atoms with E-state index in [9.17, 15) is 0 Å². The number of nitrogens with zero attached hydrogens (tertiary/aromatic N) is 4. The standard InChI is InChI=1S/C26H24N4/c1-3-10-21(11-4-1)29-24-25(28-17-16-27-24)30(22-12-5-2-6-13-22)26(29)23-18-19-8-7-9-20(23)15-14-19/h1-6,8,10-13,16-18,20,26H,7,9,14-15H2. The molecular weight excluding hydrogens is 368 g/mol. The Morgan fingerprint density at radius 1 is 0.733 bits per heavy atom. The number of fused-ring (bicyclic) bond motifs is 4. The Labute approximate surface area is 177 Å². The molecular formula is C26H24N4. The number of hydrogen-bond acceptors (Lipinski definition) is 4. The lowest BCUT2D eigenvalue weighted by Gasteiger charge is -2.38. The maximum absolute atomic E-state index is 4.80. The Morgan fingerprint density at radius 2 is 1.33 bits per heavy atom. The van der Waals surface area contributed by atoms with E-state index >= 15 is 0 Å². The van der Waals surface area contributed by atoms with Gasteiger partial charge in [0, 0.05) is 23.8 Å². The van der Waals surface area contributed by atoms with E-state index in [1.165, 1.54) is 36.8 Å². The fourth-order valence-corrected chi connectivity index (χ4v) is 5.15. The third-order valence-corrected chi connectivity index (χ3v) is 6.50. The van der Waals surface area contributed by atoms with Gasteiger partial charge in [-0.05, 0) is 61.4 Å². The molecule has 1 aliphatic heterocycles. The molecule has 30 heavy (non-hydrogen) atoms. The molecule has 4 nitrogen and oxygen atoms in total. The summed E-state index contributed by atoms with van der Waals surface area (Å²) in [6.45, 7) is 0. The summed E-state index contributed by atoms with van der Waals surface area (Å²) in [5.41, 5.74) is 5.27. The number of allylic oxidation sites excluding steroid dienone is 3. The summed E-state index contributed by atoms with van der Waals surface area (Å²) < 4.78 is 0. The van der Waals surface area contributed by atoms with E-state index in [0.29, 0.717) is 5.92 Å². The highest BCUT2D eigenvalue weighted by molar-refractivity contribution is 5.85. The predicted octanol–water partition coefficient (Wildman–Crippen LogP) is 6.15. The molecule has 7 rings (SSSR count). The van der Waals surface area contributed by atoms with Crippen molar-refractivity contribution in [1.29, 1.82) is 0 Å². The van der Waals surface area contributed by atoms with Crippen LogP contribution in [-0.2, 0) is 0 Å². The summed E-state index contributed by atoms with van der Waals surface area (Å²) in [7, 11) is 0. The number of para-hydroxylation sites is 2. The quantitative estimate of drug-likeness (QED) is 0.535. The maximum Gasteiger partial charge on any atom is 0.178 e. The van der Waals surface area contributed by atoms with Crippen LogP contribution < -0.4 is 9.80 Å². The van der Waals surface area contributed by atoms with Crippen molar-refractivity contribution in [2.75, 3.05) is 9.80 Å². The number of benzene rings is 2. The first kappa shape index (κ1) is 17.5. The van der Waals surface area contributed by atoms with Gasteiger partial charge < -0.3 is 0 Å². The Kier molecular flexibility index (Phi) is 4.15. The average Bonchev–Trinajstić information content (AvgIpc) is 2.93. The molecule has 2 bridgehead atoms. The van der Waals surface area contributed by atoms with E-state index in [2.05, 4.69) is 82.6 Å². The van der Waals surface area contributed by atoms with E-state index in [4.69, 9.17) is 9.97 Å². The minimum Gasteiger partial charge on any atom is -0.298 e. The van der Waals surface area contributed by atoms with Gasteiger partial charge in [-0.2, -0.15) is 0 Å². The molecule has 148 valence electrons. The van der Waals surface area contributed by atoms with Crippen LogP contribution in [0, 0.1) is 5.92 Å². The van der Waals surface area contributed by atoms with Crippen LogP contribution in [0.3, 0.4) is 0 Å². The molecule has 4 aliphatic rings. The summed E-state index contributed by atoms with van der Waals surface area (Å²) in [5, 5.41) is 0. The van der Waals surface area contributed by atoms with Gasteiger partial charge in [0.05, 0.1) is 0 Å². The Bertz CT molecular complexity index is 1050. The number of hydrogen-bond donors (Lipinski definition) is 0. The molecule has 4 heteroatoms. The SMILES string of the molecule is C1=C2C=C(C3N(c4ccccc4)c4nccnc4N3c3ccccc3)C(CC1)CC2. The highest BCUT2D eigenvalue weighted by atomic mass is 15.5. The molecule has 2 aromatic carbocycles. The van der Waals surface area contributed by atoms with E-state index in [1.807, 2.05) is 0 Å². The van der Waals surface area contributed by atoms with Crippen LogP contribution in [0.25, 0.3) is 0 Å². The lowest BCUT2D eigenvalue weighted by Crippen LogP contribution is -2.42. The predicted molar refractivity (Wildman–Crippen MR) is 121 cm³/mol. The Hall–Kier alpha value is -3.40. The van der Waals surface area contributed by atoms with Crippen molar-refractivity contribution in [3.8, 4) is 0 Å². The first-order chi connectivity index (χ1) is 14.9. The number of rotatable bonds is 3. The molecule has 0 saturated carbocycles. The van der Waals surface area contributed by atoms with Crippen molar-refractivity contribution in [3.63, 3.8) is 0 Å². The third kappa shape index (κ3) is 2.75. The molecule has 1 aromatic heterocycles. The topological polar surface area (TPSA) is 32.3 Å². The molecule has 3 aromatic rings. The third-order valence-electron chi connectivity index (χ3n) is 6.50. The summed E-state index contributed by atoms with van der Waals surface area (Å²) in [5.74, 6) is 2.43. The highest BCUT2D eigenvalue weighted by Crippen LogP contribution is 2.50. The lowest BCUT2D eigenvalue weighted by atomic mass is 9.83. The van der Waals surface area contributed by atoms with Crippen LogP contribution in [0.5, 0.6) is 0 Å². The van der Waals surface area contributed by atoms with Crippen LogP contribution in [0.15, 0.2) is 96.4 Å². The first-order valence-corrected chi connectivity index (χ1v) is 10.8. The van der Waals surface area contributed by atoms with Crippen LogP contribution in [0.4, 0.5) is 23.0 Å². The second-order valence-corrected chi connectivity index (χ2v) is 8.22. The summed E-state index contributed by atoms with van der Waals surface area (Å²) in [4.78, 5) is 14.4. The normalized spacial score (nSPS) is 20.6. The summed E-state index contributed by atoms with van der Waals surface area (Å²) in [6, 6.07) is 21.2. The zero-order chi connectivity index (χ0) is 19.9. The van der Waals surface area contributed by atoms with Gasteiger partial charge in [0.15, 0.2) is 11.6 Å². The van der Waals surface area contributed by atoms with Gasteiger partial charge in [0.25, 0.3) is 0 Å². The van der Waals surface area contributed by atoms with Gasteiger partial charge in [-0.25, -0.2) is 9.97 Å². The Balaban J connectivity index is 1.59. The fourth-order valence-electron chi connectivity index (χ4n) is 5.15. The monoisotopic (exact) mass is 392 g/mol. The summed E-state index contributed by atoms with van der Waals surface area (Å²) in [6.07, 6.45) is 13.4. The van der Waals surface area contributed by atoms with Crippen molar-refractivity contribution in [2.24, 2.45) is 5.92 Å². The maximum atomic E-state index is 4.80. The van der Waals surface area contributed by atoms with Crippen LogP contribution in [-0.4, -0.2) is 16.1 Å². The molecule has 0 spiro atoms. The second-order valence-electron chi connectivity index (χ2n) is 8.22. The lowest BCUT2D eigenvalue weighted by molar-refractivity contribution is 0.490. The fraction of sp³-hybridized carbons (Fsp3) is 0.231. The molecule has 0 saturated heterocycles. The highest BCUT2D eigenvalue weighted by Gasteiger charge is 2.44. The van der Waals surface area contributed by atoms with Crippen LogP contribution in [0.2, 0.25) is 0 Å². The van der Waals surface area contributed by atoms with Crippen LogP contribution in [0.1, 0.15) is 25.7 Å². The van der Waals surface area contributed by atoms with Gasteiger partial charge in [-0.3, -0.25) is 9.80 Å². The molecule has 0 radical (unpaired) electrons. The minimum atomic E-state index is 0.0407. The van der Waals surface area contributed by atoms with Gasteiger partial charge in [-0.1, -0.05) is 54.1 Å². The molecule has 0 N–H and O–H groups in total. The van der Waals surface area contributed by atoms with E-state index in [-0.39, 0.29) is 6.17 Å². The number of aromatic nitrogens is 2. The van der Waals surface area contributed by atoms with E-state index in [0.717, 1.165) is 23.0 Å². The first-order valence-electron chi connectivity index (χ1n) is 10.8. The van der Waals surface area contributed by atoms with Gasteiger partial charge in [0.1, 0.15) is 6.17 Å². The molecule has 0 amide bonds. The summed E-state index contributed by atoms with van der Waals surface area (Å²) >= 11 is 0. The smallest absolute Gasteiger partial charge is 0.178 e. The van der Waals surface area contributed by atoms with Crippen molar-refractivity contribution in [3.05, 3.63) is 96.4 Å². The van der Waals surface area contributed by atoms with E-state index < -0.39 is 0 Å². The molecule has 1 atom stereocenters. The molecule has 2 heterocycles.